The number of methoxy groups -OCH3 is 1. The third-order valence-corrected chi connectivity index (χ3v) is 5.83. The zero-order chi connectivity index (χ0) is 19.7. The summed E-state index contributed by atoms with van der Waals surface area (Å²) in [7, 11) is 1.74. The summed E-state index contributed by atoms with van der Waals surface area (Å²) in [6, 6.07) is 5.61. The average molecular weight is 386 g/mol. The number of ether oxygens (including phenoxy) is 1. The van der Waals surface area contributed by atoms with Crippen molar-refractivity contribution in [3.63, 3.8) is 0 Å². The van der Waals surface area contributed by atoms with Crippen molar-refractivity contribution in [1.29, 1.82) is 0 Å². The summed E-state index contributed by atoms with van der Waals surface area (Å²) >= 11 is 0. The summed E-state index contributed by atoms with van der Waals surface area (Å²) in [5.41, 5.74) is 2.69. The van der Waals surface area contributed by atoms with Crippen molar-refractivity contribution in [1.82, 2.24) is 20.9 Å². The first-order valence-electron chi connectivity index (χ1n) is 9.78. The molecule has 28 heavy (non-hydrogen) atoms. The molecule has 2 saturated heterocycles. The van der Waals surface area contributed by atoms with E-state index in [2.05, 4.69) is 16.0 Å². The van der Waals surface area contributed by atoms with Gasteiger partial charge in [-0.25, -0.2) is 0 Å². The topological polar surface area (TPSA) is 99.8 Å². The molecule has 0 saturated carbocycles. The molecule has 0 radical (unpaired) electrons. The van der Waals surface area contributed by atoms with E-state index in [4.69, 9.17) is 4.74 Å². The summed E-state index contributed by atoms with van der Waals surface area (Å²) in [5.74, 6) is -0.785. The van der Waals surface area contributed by atoms with Crippen LogP contribution in [0.1, 0.15) is 40.7 Å². The monoisotopic (exact) mass is 386 g/mol. The van der Waals surface area contributed by atoms with E-state index in [0.717, 1.165) is 30.6 Å². The van der Waals surface area contributed by atoms with Crippen molar-refractivity contribution in [2.75, 3.05) is 20.2 Å². The number of fused-ring (bicyclic) bond motifs is 1. The van der Waals surface area contributed by atoms with E-state index < -0.39 is 6.04 Å². The van der Waals surface area contributed by atoms with Gasteiger partial charge in [0, 0.05) is 51.3 Å². The van der Waals surface area contributed by atoms with Gasteiger partial charge in [0.2, 0.25) is 11.8 Å². The third kappa shape index (κ3) is 3.80. The van der Waals surface area contributed by atoms with E-state index >= 15 is 0 Å². The van der Waals surface area contributed by atoms with Gasteiger partial charge >= 0.3 is 0 Å². The third-order valence-electron chi connectivity index (χ3n) is 5.83. The number of amides is 3. The molecule has 1 aromatic carbocycles. The van der Waals surface area contributed by atoms with Crippen LogP contribution in [0.4, 0.5) is 0 Å². The fourth-order valence-electron chi connectivity index (χ4n) is 4.24. The molecule has 3 atom stereocenters. The van der Waals surface area contributed by atoms with Gasteiger partial charge in [-0.3, -0.25) is 19.7 Å². The van der Waals surface area contributed by atoms with E-state index in [1.165, 1.54) is 0 Å². The number of imide groups is 1. The SMILES string of the molecule is CO[C@@H]1CNC[C@@H](NCc2ccc3c(c2)CN(C2CCC(=O)NC2=O)C3=O)C1. The van der Waals surface area contributed by atoms with Crippen molar-refractivity contribution < 1.29 is 19.1 Å². The minimum atomic E-state index is -0.571. The molecule has 0 aliphatic carbocycles. The number of rotatable bonds is 5. The number of hydrogen-bond acceptors (Lipinski definition) is 6. The number of carbonyl (C=O) groups is 3. The molecule has 0 aromatic heterocycles. The summed E-state index contributed by atoms with van der Waals surface area (Å²) in [6.45, 7) is 2.91. The molecule has 1 aromatic rings. The van der Waals surface area contributed by atoms with Gasteiger partial charge in [0.25, 0.3) is 5.91 Å². The van der Waals surface area contributed by atoms with E-state index in [1.54, 1.807) is 12.0 Å². The number of hydrogen-bond donors (Lipinski definition) is 3. The normalized spacial score (nSPS) is 27.7. The summed E-state index contributed by atoms with van der Waals surface area (Å²) in [6.07, 6.45) is 1.85. The van der Waals surface area contributed by atoms with Crippen molar-refractivity contribution >= 4 is 17.7 Å². The lowest BCUT2D eigenvalue weighted by Gasteiger charge is -2.30. The first kappa shape index (κ1) is 19.0. The molecule has 8 nitrogen and oxygen atoms in total. The number of carbonyl (C=O) groups excluding carboxylic acids is 3. The quantitative estimate of drug-likeness (QED) is 0.612. The fourth-order valence-corrected chi connectivity index (χ4v) is 4.24. The lowest BCUT2D eigenvalue weighted by Crippen LogP contribution is -2.52. The molecule has 3 aliphatic heterocycles. The lowest BCUT2D eigenvalue weighted by atomic mass is 10.0. The minimum absolute atomic E-state index is 0.136. The average Bonchev–Trinajstić information content (AvgIpc) is 3.02. The molecule has 2 fully saturated rings. The van der Waals surface area contributed by atoms with Gasteiger partial charge < -0.3 is 20.3 Å². The Hall–Kier alpha value is -2.29. The zero-order valence-corrected chi connectivity index (χ0v) is 16.0. The van der Waals surface area contributed by atoms with E-state index in [-0.39, 0.29) is 30.2 Å². The van der Waals surface area contributed by atoms with Gasteiger partial charge in [-0.1, -0.05) is 12.1 Å². The van der Waals surface area contributed by atoms with Crippen LogP contribution in [-0.2, 0) is 27.4 Å². The van der Waals surface area contributed by atoms with Gasteiger partial charge in [0.05, 0.1) is 6.10 Å². The maximum absolute atomic E-state index is 12.7. The van der Waals surface area contributed by atoms with Gasteiger partial charge in [0.1, 0.15) is 6.04 Å². The number of nitrogens with one attached hydrogen (secondary N) is 3. The Morgan fingerprint density at radius 1 is 1.25 bits per heavy atom. The van der Waals surface area contributed by atoms with E-state index in [9.17, 15) is 14.4 Å². The standard InChI is InChI=1S/C20H26N4O4/c1-28-15-7-14(9-21-10-15)22-8-12-2-3-16-13(6-12)11-24(20(16)27)17-4-5-18(25)23-19(17)26/h2-3,6,14-15,17,21-22H,4-5,7-11H2,1H3,(H,23,25,26)/t14-,15-,17?/m0/s1. The van der Waals surface area contributed by atoms with Gasteiger partial charge in [-0.2, -0.15) is 0 Å². The van der Waals surface area contributed by atoms with Crippen LogP contribution >= 0.6 is 0 Å². The smallest absolute Gasteiger partial charge is 0.255 e. The molecule has 8 heteroatoms. The molecule has 150 valence electrons. The number of piperidine rings is 2. The first-order valence-corrected chi connectivity index (χ1v) is 9.78. The molecular weight excluding hydrogens is 360 g/mol. The summed E-state index contributed by atoms with van der Waals surface area (Å²) < 4.78 is 5.43. The molecule has 1 unspecified atom stereocenters. The van der Waals surface area contributed by atoms with Crippen molar-refractivity contribution in [3.05, 3.63) is 34.9 Å². The van der Waals surface area contributed by atoms with Crippen molar-refractivity contribution in [2.24, 2.45) is 0 Å². The Morgan fingerprint density at radius 3 is 2.89 bits per heavy atom. The highest BCUT2D eigenvalue weighted by molar-refractivity contribution is 6.05. The lowest BCUT2D eigenvalue weighted by molar-refractivity contribution is -0.136. The molecule has 3 heterocycles. The molecule has 0 spiro atoms. The fraction of sp³-hybridized carbons (Fsp3) is 0.550. The predicted octanol–water partition coefficient (Wildman–Crippen LogP) is -0.0859. The highest BCUT2D eigenvalue weighted by Gasteiger charge is 2.39. The molecule has 0 bridgehead atoms. The van der Waals surface area contributed by atoms with Crippen LogP contribution in [0.5, 0.6) is 0 Å². The first-order chi connectivity index (χ1) is 13.5. The largest absolute Gasteiger partial charge is 0.380 e. The van der Waals surface area contributed by atoms with Crippen LogP contribution in [0.2, 0.25) is 0 Å². The molecular formula is C20H26N4O4. The second-order valence-corrected chi connectivity index (χ2v) is 7.72. The Labute approximate surface area is 164 Å². The molecule has 3 aliphatic rings. The van der Waals surface area contributed by atoms with Gasteiger partial charge in [-0.15, -0.1) is 0 Å². The van der Waals surface area contributed by atoms with Crippen molar-refractivity contribution in [2.45, 2.75) is 50.5 Å². The Bertz CT molecular complexity index is 796. The number of benzene rings is 1. The zero-order valence-electron chi connectivity index (χ0n) is 16.0. The highest BCUT2D eigenvalue weighted by atomic mass is 16.5. The van der Waals surface area contributed by atoms with Crippen LogP contribution in [-0.4, -0.2) is 61.0 Å². The summed E-state index contributed by atoms with van der Waals surface area (Å²) in [4.78, 5) is 37.8. The van der Waals surface area contributed by atoms with E-state index in [0.29, 0.717) is 31.1 Å². The maximum Gasteiger partial charge on any atom is 0.255 e. The van der Waals surface area contributed by atoms with Gasteiger partial charge in [-0.05, 0) is 30.0 Å². The van der Waals surface area contributed by atoms with Crippen LogP contribution in [0, 0.1) is 0 Å². The van der Waals surface area contributed by atoms with Crippen molar-refractivity contribution in [3.8, 4) is 0 Å². The second-order valence-electron chi connectivity index (χ2n) is 7.72. The Morgan fingerprint density at radius 2 is 2.11 bits per heavy atom. The number of nitrogens with zero attached hydrogens (tertiary/aromatic N) is 1. The highest BCUT2D eigenvalue weighted by Crippen LogP contribution is 2.28. The predicted molar refractivity (Wildman–Crippen MR) is 101 cm³/mol. The maximum atomic E-state index is 12.7. The minimum Gasteiger partial charge on any atom is -0.380 e. The van der Waals surface area contributed by atoms with Crippen LogP contribution < -0.4 is 16.0 Å². The Balaban J connectivity index is 1.39. The second kappa shape index (κ2) is 7.98. The van der Waals surface area contributed by atoms with Crippen LogP contribution in [0.3, 0.4) is 0 Å². The summed E-state index contributed by atoms with van der Waals surface area (Å²) in [5, 5.41) is 9.25. The Kier molecular flexibility index (Phi) is 5.43. The van der Waals surface area contributed by atoms with Crippen LogP contribution in [0.15, 0.2) is 18.2 Å². The van der Waals surface area contributed by atoms with Gasteiger partial charge in [0.15, 0.2) is 0 Å². The van der Waals surface area contributed by atoms with Crippen LogP contribution in [0.25, 0.3) is 0 Å². The van der Waals surface area contributed by atoms with E-state index in [1.807, 2.05) is 18.2 Å². The molecule has 3 amide bonds. The molecule has 3 N–H and O–H groups in total. The molecule has 4 rings (SSSR count).